The third-order valence-electron chi connectivity index (χ3n) is 5.53. The summed E-state index contributed by atoms with van der Waals surface area (Å²) in [5, 5.41) is 9.62. The van der Waals surface area contributed by atoms with Gasteiger partial charge in [0.25, 0.3) is 0 Å². The number of benzene rings is 1. The Balaban J connectivity index is 1.78. The van der Waals surface area contributed by atoms with Gasteiger partial charge in [-0.2, -0.15) is 0 Å². The molecule has 3 rings (SSSR count). The summed E-state index contributed by atoms with van der Waals surface area (Å²) in [5.41, 5.74) is 3.80. The van der Waals surface area contributed by atoms with Crippen LogP contribution in [0.3, 0.4) is 0 Å². The molecule has 0 atom stereocenters. The van der Waals surface area contributed by atoms with Crippen LogP contribution in [0.15, 0.2) is 35.5 Å². The van der Waals surface area contributed by atoms with Crippen LogP contribution in [-0.4, -0.2) is 51.7 Å². The highest BCUT2D eigenvalue weighted by atomic mass is 32.2. The lowest BCUT2D eigenvalue weighted by atomic mass is 10.2. The van der Waals surface area contributed by atoms with Gasteiger partial charge in [-0.1, -0.05) is 25.1 Å². The van der Waals surface area contributed by atoms with E-state index in [1.165, 1.54) is 11.8 Å². The van der Waals surface area contributed by atoms with Gasteiger partial charge in [0, 0.05) is 42.7 Å². The van der Waals surface area contributed by atoms with Crippen molar-refractivity contribution in [3.05, 3.63) is 47.3 Å². The van der Waals surface area contributed by atoms with Crippen LogP contribution in [-0.2, 0) is 17.8 Å². The van der Waals surface area contributed by atoms with Crippen molar-refractivity contribution in [2.45, 2.75) is 51.9 Å². The second kappa shape index (κ2) is 11.3. The Hall–Kier alpha value is -2.58. The Bertz CT molecular complexity index is 1040. The molecule has 0 radical (unpaired) electrons. The second-order valence-electron chi connectivity index (χ2n) is 7.68. The summed E-state index contributed by atoms with van der Waals surface area (Å²) in [5.74, 6) is 2.04. The zero-order valence-corrected chi connectivity index (χ0v) is 20.4. The van der Waals surface area contributed by atoms with E-state index in [4.69, 9.17) is 9.47 Å². The number of nitrogens with zero attached hydrogens (tertiary/aromatic N) is 4. The van der Waals surface area contributed by atoms with Gasteiger partial charge in [0.05, 0.1) is 19.5 Å². The van der Waals surface area contributed by atoms with Gasteiger partial charge in [0.15, 0.2) is 16.8 Å². The van der Waals surface area contributed by atoms with E-state index in [-0.39, 0.29) is 5.78 Å². The van der Waals surface area contributed by atoms with E-state index in [0.29, 0.717) is 12.4 Å². The highest BCUT2D eigenvalue weighted by Gasteiger charge is 2.19. The van der Waals surface area contributed by atoms with Crippen LogP contribution in [0.2, 0.25) is 0 Å². The van der Waals surface area contributed by atoms with Gasteiger partial charge < -0.3 is 18.6 Å². The molecule has 1 aromatic carbocycles. The summed E-state index contributed by atoms with van der Waals surface area (Å²) >= 11 is 1.45. The Morgan fingerprint density at radius 2 is 1.81 bits per heavy atom. The number of hydrogen-bond donors (Lipinski definition) is 0. The van der Waals surface area contributed by atoms with Gasteiger partial charge in [-0.3, -0.25) is 4.79 Å². The summed E-state index contributed by atoms with van der Waals surface area (Å²) in [6, 6.07) is 9.78. The average Bonchev–Trinajstić information content (AvgIpc) is 3.34. The minimum absolute atomic E-state index is 0.0998. The fourth-order valence-corrected chi connectivity index (χ4v) is 4.53. The normalized spacial score (nSPS) is 11.2. The second-order valence-corrected chi connectivity index (χ2v) is 8.62. The number of rotatable bonds is 12. The van der Waals surface area contributed by atoms with Crippen LogP contribution < -0.4 is 4.74 Å². The number of carbonyl (C=O) groups excluding carboxylic acids is 1. The number of hydrogen-bond acceptors (Lipinski definition) is 6. The number of carbonyl (C=O) groups is 1. The molecule has 0 bridgehead atoms. The number of methoxy groups -OCH3 is 2. The standard InChI is InChI=1S/C24H32N4O3S/c1-6-7-12-28-23(19-8-10-20(31-5)11-9-19)25-26-24(28)32-16-22(29)21-15-17(2)27(18(21)3)13-14-30-4/h8-11,15H,6-7,12-14,16H2,1-5H3. The van der Waals surface area contributed by atoms with Crippen LogP contribution in [0, 0.1) is 13.8 Å². The van der Waals surface area contributed by atoms with Gasteiger partial charge in [-0.15, -0.1) is 10.2 Å². The zero-order valence-electron chi connectivity index (χ0n) is 19.6. The van der Waals surface area contributed by atoms with E-state index in [1.54, 1.807) is 14.2 Å². The smallest absolute Gasteiger partial charge is 0.191 e. The van der Waals surface area contributed by atoms with E-state index in [9.17, 15) is 4.79 Å². The molecule has 8 heteroatoms. The van der Waals surface area contributed by atoms with Crippen LogP contribution in [0.5, 0.6) is 5.75 Å². The fraction of sp³-hybridized carbons (Fsp3) is 0.458. The molecule has 0 aliphatic rings. The largest absolute Gasteiger partial charge is 0.497 e. The fourth-order valence-electron chi connectivity index (χ4n) is 3.68. The lowest BCUT2D eigenvalue weighted by molar-refractivity contribution is 0.102. The number of unbranched alkanes of at least 4 members (excludes halogenated alkanes) is 1. The number of ketones is 1. The first-order valence-electron chi connectivity index (χ1n) is 10.9. The van der Waals surface area contributed by atoms with Gasteiger partial charge in [-0.05, 0) is 50.6 Å². The van der Waals surface area contributed by atoms with Gasteiger partial charge in [0.2, 0.25) is 0 Å². The first kappa shape index (κ1) is 24.1. The minimum Gasteiger partial charge on any atom is -0.497 e. The summed E-state index contributed by atoms with van der Waals surface area (Å²) in [7, 11) is 3.34. The highest BCUT2D eigenvalue weighted by molar-refractivity contribution is 7.99. The van der Waals surface area contributed by atoms with E-state index < -0.39 is 0 Å². The lowest BCUT2D eigenvalue weighted by Crippen LogP contribution is -2.10. The molecule has 0 fully saturated rings. The van der Waals surface area contributed by atoms with Crippen LogP contribution in [0.25, 0.3) is 11.4 Å². The molecule has 0 saturated carbocycles. The molecule has 0 saturated heterocycles. The van der Waals surface area contributed by atoms with Crippen molar-refractivity contribution in [3.8, 4) is 17.1 Å². The summed E-state index contributed by atoms with van der Waals surface area (Å²) in [4.78, 5) is 13.0. The molecule has 0 unspecified atom stereocenters. The molecule has 0 aliphatic carbocycles. The third-order valence-corrected chi connectivity index (χ3v) is 6.49. The van der Waals surface area contributed by atoms with Crippen LogP contribution >= 0.6 is 11.8 Å². The number of Topliss-reactive ketones (excluding diaryl/α,β-unsaturated/α-hetero) is 1. The monoisotopic (exact) mass is 456 g/mol. The van der Waals surface area contributed by atoms with E-state index in [2.05, 4.69) is 26.3 Å². The third kappa shape index (κ3) is 5.42. The molecular formula is C24H32N4O3S. The van der Waals surface area contributed by atoms with Crippen molar-refractivity contribution >= 4 is 17.5 Å². The van der Waals surface area contributed by atoms with E-state index in [1.807, 2.05) is 44.2 Å². The molecular weight excluding hydrogens is 424 g/mol. The quantitative estimate of drug-likeness (QED) is 0.288. The Labute approximate surface area is 194 Å². The summed E-state index contributed by atoms with van der Waals surface area (Å²) in [6.45, 7) is 8.35. The van der Waals surface area contributed by atoms with Gasteiger partial charge >= 0.3 is 0 Å². The van der Waals surface area contributed by atoms with Crippen molar-refractivity contribution in [1.29, 1.82) is 0 Å². The molecule has 32 heavy (non-hydrogen) atoms. The Kier molecular flexibility index (Phi) is 8.53. The van der Waals surface area contributed by atoms with Crippen molar-refractivity contribution in [2.75, 3.05) is 26.6 Å². The van der Waals surface area contributed by atoms with E-state index in [0.717, 1.165) is 65.2 Å². The van der Waals surface area contributed by atoms with Crippen LogP contribution in [0.4, 0.5) is 0 Å². The number of aryl methyl sites for hydroxylation is 1. The van der Waals surface area contributed by atoms with Gasteiger partial charge in [0.1, 0.15) is 5.75 Å². The summed E-state index contributed by atoms with van der Waals surface area (Å²) < 4.78 is 14.7. The Morgan fingerprint density at radius 3 is 2.47 bits per heavy atom. The van der Waals surface area contributed by atoms with Crippen molar-refractivity contribution in [1.82, 2.24) is 19.3 Å². The highest BCUT2D eigenvalue weighted by Crippen LogP contribution is 2.27. The van der Waals surface area contributed by atoms with Crippen molar-refractivity contribution in [2.24, 2.45) is 0 Å². The summed E-state index contributed by atoms with van der Waals surface area (Å²) in [6.07, 6.45) is 2.08. The molecule has 0 amide bonds. The number of aromatic nitrogens is 4. The van der Waals surface area contributed by atoms with E-state index >= 15 is 0 Å². The number of thioether (sulfide) groups is 1. The molecule has 172 valence electrons. The topological polar surface area (TPSA) is 71.2 Å². The molecule has 3 aromatic rings. The zero-order chi connectivity index (χ0) is 23.1. The maximum atomic E-state index is 13.0. The van der Waals surface area contributed by atoms with Gasteiger partial charge in [-0.25, -0.2) is 0 Å². The SMILES string of the molecule is CCCCn1c(SCC(=O)c2cc(C)n(CCOC)c2C)nnc1-c1ccc(OC)cc1. The Morgan fingerprint density at radius 1 is 1.06 bits per heavy atom. The number of ether oxygens (including phenoxy) is 2. The first-order valence-corrected chi connectivity index (χ1v) is 11.9. The molecule has 7 nitrogen and oxygen atoms in total. The molecule has 0 spiro atoms. The maximum Gasteiger partial charge on any atom is 0.191 e. The average molecular weight is 457 g/mol. The minimum atomic E-state index is 0.0998. The van der Waals surface area contributed by atoms with Crippen molar-refractivity contribution in [3.63, 3.8) is 0 Å². The molecule has 2 aromatic heterocycles. The predicted octanol–water partition coefficient (Wildman–Crippen LogP) is 4.79. The van der Waals surface area contributed by atoms with Crippen LogP contribution in [0.1, 0.15) is 41.5 Å². The predicted molar refractivity (Wildman–Crippen MR) is 128 cm³/mol. The molecule has 2 heterocycles. The lowest BCUT2D eigenvalue weighted by Gasteiger charge is -2.10. The first-order chi connectivity index (χ1) is 15.5. The molecule has 0 aliphatic heterocycles. The maximum absolute atomic E-state index is 13.0. The molecule has 0 N–H and O–H groups in total. The van der Waals surface area contributed by atoms with Crippen molar-refractivity contribution < 1.29 is 14.3 Å².